The third-order valence-corrected chi connectivity index (χ3v) is 6.60. The van der Waals surface area contributed by atoms with Crippen LogP contribution in [0, 0.1) is 10.1 Å². The van der Waals surface area contributed by atoms with Crippen molar-refractivity contribution in [3.05, 3.63) is 51.7 Å². The van der Waals surface area contributed by atoms with Crippen molar-refractivity contribution in [3.8, 4) is 0 Å². The number of alkyl halides is 3. The van der Waals surface area contributed by atoms with E-state index in [-0.39, 0.29) is 18.5 Å². The number of rotatable bonds is 7. The third kappa shape index (κ3) is 5.12. The lowest BCUT2D eigenvalue weighted by Gasteiger charge is -2.20. The highest BCUT2D eigenvalue weighted by Gasteiger charge is 2.32. The number of non-ortho nitro benzene ring substituents is 1. The number of hydrogen-bond donors (Lipinski definition) is 1. The van der Waals surface area contributed by atoms with Crippen molar-refractivity contribution in [3.63, 3.8) is 0 Å². The normalized spacial score (nSPS) is 16.2. The Labute approximate surface area is 205 Å². The van der Waals surface area contributed by atoms with E-state index in [0.717, 1.165) is 69.1 Å². The molecule has 12 heteroatoms. The largest absolute Gasteiger partial charge is 0.416 e. The Morgan fingerprint density at radius 3 is 2.33 bits per heavy atom. The number of nitro groups is 1. The van der Waals surface area contributed by atoms with E-state index in [1.807, 2.05) is 6.07 Å². The highest BCUT2D eigenvalue weighted by Crippen LogP contribution is 2.33. The monoisotopic (exact) mass is 501 g/mol. The van der Waals surface area contributed by atoms with Gasteiger partial charge in [0.15, 0.2) is 0 Å². The van der Waals surface area contributed by atoms with Crippen LogP contribution in [-0.4, -0.2) is 52.6 Å². The lowest BCUT2D eigenvalue weighted by Crippen LogP contribution is -2.22. The number of anilines is 3. The molecule has 0 radical (unpaired) electrons. The minimum atomic E-state index is -4.67. The van der Waals surface area contributed by atoms with E-state index in [9.17, 15) is 23.3 Å². The number of nitrogens with one attached hydrogen (secondary N) is 1. The smallest absolute Gasteiger partial charge is 0.369 e. The minimum Gasteiger partial charge on any atom is -0.369 e. The van der Waals surface area contributed by atoms with E-state index in [2.05, 4.69) is 20.1 Å². The zero-order valence-corrected chi connectivity index (χ0v) is 19.6. The van der Waals surface area contributed by atoms with Gasteiger partial charge in [0, 0.05) is 50.2 Å². The summed E-state index contributed by atoms with van der Waals surface area (Å²) in [6, 6.07) is 4.65. The second kappa shape index (κ2) is 9.75. The van der Waals surface area contributed by atoms with Crippen molar-refractivity contribution in [2.24, 2.45) is 0 Å². The molecule has 2 aliphatic rings. The lowest BCUT2D eigenvalue weighted by molar-refractivity contribution is -0.385. The first kappa shape index (κ1) is 24.0. The summed E-state index contributed by atoms with van der Waals surface area (Å²) < 4.78 is 39.8. The molecule has 0 spiro atoms. The first-order valence-corrected chi connectivity index (χ1v) is 12.0. The fraction of sp³-hybridized carbons (Fsp3) is 0.458. The number of aromatic nitrogens is 3. The maximum absolute atomic E-state index is 13.3. The molecule has 0 saturated carbocycles. The number of nitrogens with zero attached hydrogens (tertiary/aromatic N) is 6. The van der Waals surface area contributed by atoms with Crippen LogP contribution in [0.25, 0.3) is 10.9 Å². The number of pyridine rings is 1. The molecule has 190 valence electrons. The Hall–Kier alpha value is -3.70. The molecular formula is C24H26F3N7O2. The van der Waals surface area contributed by atoms with Crippen LogP contribution in [0.1, 0.15) is 36.8 Å². The number of fused-ring (bicyclic) bond motifs is 1. The molecule has 0 amide bonds. The first-order chi connectivity index (χ1) is 17.3. The van der Waals surface area contributed by atoms with Gasteiger partial charge < -0.3 is 15.1 Å². The zero-order valence-electron chi connectivity index (χ0n) is 19.6. The third-order valence-electron chi connectivity index (χ3n) is 6.60. The van der Waals surface area contributed by atoms with Crippen LogP contribution in [-0.2, 0) is 12.6 Å². The standard InChI is InChI=1S/C24H26F3N7O2/c25-24(26,27)17-11-16(12-18(13-17)34(35)36)5-6-28-22-19-14-21(32-7-1-2-8-32)29-15-20(19)30-23(31-22)33-9-3-4-10-33/h11-15H,1-10H2,(H,28,30,31). The van der Waals surface area contributed by atoms with Gasteiger partial charge >= 0.3 is 6.18 Å². The van der Waals surface area contributed by atoms with Crippen LogP contribution >= 0.6 is 0 Å². The summed E-state index contributed by atoms with van der Waals surface area (Å²) >= 11 is 0. The number of nitro benzene ring substituents is 1. The molecule has 2 aromatic heterocycles. The molecule has 0 bridgehead atoms. The summed E-state index contributed by atoms with van der Waals surface area (Å²) in [5.41, 5.74) is -0.699. The van der Waals surface area contributed by atoms with E-state index in [4.69, 9.17) is 9.97 Å². The molecule has 2 fully saturated rings. The fourth-order valence-electron chi connectivity index (χ4n) is 4.73. The maximum Gasteiger partial charge on any atom is 0.416 e. The van der Waals surface area contributed by atoms with E-state index in [1.165, 1.54) is 6.07 Å². The topological polar surface area (TPSA) is 100 Å². The van der Waals surface area contributed by atoms with E-state index in [0.29, 0.717) is 23.3 Å². The first-order valence-electron chi connectivity index (χ1n) is 12.0. The summed E-state index contributed by atoms with van der Waals surface area (Å²) in [5.74, 6) is 2.01. The van der Waals surface area contributed by atoms with Gasteiger partial charge in [-0.2, -0.15) is 18.2 Å². The second-order valence-electron chi connectivity index (χ2n) is 9.14. The fourth-order valence-corrected chi connectivity index (χ4v) is 4.73. The molecule has 3 aromatic rings. The van der Waals surface area contributed by atoms with Gasteiger partial charge in [-0.15, -0.1) is 0 Å². The molecule has 2 aliphatic heterocycles. The highest BCUT2D eigenvalue weighted by atomic mass is 19.4. The maximum atomic E-state index is 13.3. The van der Waals surface area contributed by atoms with Gasteiger partial charge in [-0.05, 0) is 49.8 Å². The Kier molecular flexibility index (Phi) is 6.50. The van der Waals surface area contributed by atoms with Crippen molar-refractivity contribution in [1.29, 1.82) is 0 Å². The van der Waals surface area contributed by atoms with Crippen molar-refractivity contribution >= 4 is 34.2 Å². The van der Waals surface area contributed by atoms with Gasteiger partial charge in [-0.25, -0.2) is 9.97 Å². The minimum absolute atomic E-state index is 0.152. The molecule has 1 aromatic carbocycles. The second-order valence-corrected chi connectivity index (χ2v) is 9.14. The van der Waals surface area contributed by atoms with Crippen LogP contribution in [0.5, 0.6) is 0 Å². The summed E-state index contributed by atoms with van der Waals surface area (Å²) in [5, 5.41) is 15.2. The van der Waals surface area contributed by atoms with Gasteiger partial charge in [0.1, 0.15) is 11.6 Å². The molecule has 36 heavy (non-hydrogen) atoms. The van der Waals surface area contributed by atoms with Crippen molar-refractivity contribution in [1.82, 2.24) is 15.0 Å². The number of halogens is 3. The molecule has 4 heterocycles. The molecule has 0 unspecified atom stereocenters. The summed E-state index contributed by atoms with van der Waals surface area (Å²) in [7, 11) is 0. The number of benzene rings is 1. The molecule has 5 rings (SSSR count). The SMILES string of the molecule is O=[N+]([O-])c1cc(CCNc2nc(N3CCCC3)nc3cnc(N4CCCC4)cc23)cc(C(F)(F)F)c1. The van der Waals surface area contributed by atoms with Crippen LogP contribution in [0.2, 0.25) is 0 Å². The summed E-state index contributed by atoms with van der Waals surface area (Å²) in [6.45, 7) is 3.83. The predicted octanol–water partition coefficient (Wildman–Crippen LogP) is 4.81. The van der Waals surface area contributed by atoms with Crippen molar-refractivity contribution < 1.29 is 18.1 Å². The Bertz CT molecular complexity index is 1270. The summed E-state index contributed by atoms with van der Waals surface area (Å²) in [4.78, 5) is 28.7. The van der Waals surface area contributed by atoms with Crippen LogP contribution < -0.4 is 15.1 Å². The van der Waals surface area contributed by atoms with Crippen LogP contribution in [0.4, 0.5) is 36.4 Å². The quantitative estimate of drug-likeness (QED) is 0.364. The van der Waals surface area contributed by atoms with E-state index >= 15 is 0 Å². The molecule has 9 nitrogen and oxygen atoms in total. The Morgan fingerprint density at radius 1 is 0.972 bits per heavy atom. The molecular weight excluding hydrogens is 475 g/mol. The average Bonchev–Trinajstić information content (AvgIpc) is 3.58. The molecule has 1 N–H and O–H groups in total. The average molecular weight is 502 g/mol. The van der Waals surface area contributed by atoms with Crippen LogP contribution in [0.3, 0.4) is 0 Å². The zero-order chi connectivity index (χ0) is 25.3. The Balaban J connectivity index is 1.43. The van der Waals surface area contributed by atoms with Gasteiger partial charge in [0.05, 0.1) is 22.2 Å². The predicted molar refractivity (Wildman–Crippen MR) is 131 cm³/mol. The van der Waals surface area contributed by atoms with Gasteiger partial charge in [0.25, 0.3) is 5.69 Å². The van der Waals surface area contributed by atoms with Crippen molar-refractivity contribution in [2.75, 3.05) is 47.8 Å². The molecule has 0 aliphatic carbocycles. The molecule has 2 saturated heterocycles. The van der Waals surface area contributed by atoms with Crippen molar-refractivity contribution in [2.45, 2.75) is 38.3 Å². The Morgan fingerprint density at radius 2 is 1.67 bits per heavy atom. The highest BCUT2D eigenvalue weighted by molar-refractivity contribution is 5.91. The van der Waals surface area contributed by atoms with E-state index in [1.54, 1.807) is 6.20 Å². The van der Waals surface area contributed by atoms with Gasteiger partial charge in [-0.1, -0.05) is 0 Å². The van der Waals surface area contributed by atoms with Gasteiger partial charge in [0.2, 0.25) is 5.95 Å². The van der Waals surface area contributed by atoms with Crippen LogP contribution in [0.15, 0.2) is 30.5 Å². The number of hydrogen-bond acceptors (Lipinski definition) is 8. The molecule has 0 atom stereocenters. The summed E-state index contributed by atoms with van der Waals surface area (Å²) in [6.07, 6.45) is 1.57. The van der Waals surface area contributed by atoms with E-state index < -0.39 is 22.4 Å². The lowest BCUT2D eigenvalue weighted by atomic mass is 10.1. The van der Waals surface area contributed by atoms with Gasteiger partial charge in [-0.3, -0.25) is 10.1 Å².